The third-order valence-corrected chi connectivity index (χ3v) is 3.19. The fourth-order valence-corrected chi connectivity index (χ4v) is 2.24. The van der Waals surface area contributed by atoms with Gasteiger partial charge in [0.05, 0.1) is 18.3 Å². The number of carbonyl (C=O) groups excluding carboxylic acids is 1. The molecule has 0 unspecified atom stereocenters. The summed E-state index contributed by atoms with van der Waals surface area (Å²) in [5.41, 5.74) is 0.893. The number of fused-ring (bicyclic) bond motifs is 1. The van der Waals surface area contributed by atoms with E-state index in [2.05, 4.69) is 21.0 Å². The van der Waals surface area contributed by atoms with Gasteiger partial charge in [0.25, 0.3) is 0 Å². The summed E-state index contributed by atoms with van der Waals surface area (Å²) in [5.74, 6) is 0.670. The van der Waals surface area contributed by atoms with Crippen LogP contribution in [0.2, 0.25) is 0 Å². The number of aromatic nitrogens is 2. The van der Waals surface area contributed by atoms with Gasteiger partial charge in [-0.15, -0.1) is 0 Å². The summed E-state index contributed by atoms with van der Waals surface area (Å²) in [5, 5.41) is 5.76. The molecule has 1 aromatic carbocycles. The summed E-state index contributed by atoms with van der Waals surface area (Å²) < 4.78 is 11.8. The second-order valence-corrected chi connectivity index (χ2v) is 5.92. The Morgan fingerprint density at radius 3 is 2.65 bits per heavy atom. The molecule has 1 heterocycles. The lowest BCUT2D eigenvalue weighted by molar-refractivity contribution is 0.0522. The van der Waals surface area contributed by atoms with Gasteiger partial charge in [0.2, 0.25) is 0 Å². The average Bonchev–Trinajstić information content (AvgIpc) is 2.74. The van der Waals surface area contributed by atoms with Gasteiger partial charge in [-0.3, -0.25) is 0 Å². The first kappa shape index (κ1) is 14.8. The predicted octanol–water partition coefficient (Wildman–Crippen LogP) is 3.72. The molecule has 0 saturated heterocycles. The van der Waals surface area contributed by atoms with E-state index in [1.54, 1.807) is 13.2 Å². The smallest absolute Gasteiger partial charge is 0.435 e. The van der Waals surface area contributed by atoms with Gasteiger partial charge in [-0.1, -0.05) is 15.9 Å². The molecule has 0 saturated carbocycles. The first-order valence-electron chi connectivity index (χ1n) is 6.20. The van der Waals surface area contributed by atoms with Crippen LogP contribution in [0.25, 0.3) is 10.9 Å². The second-order valence-electron chi connectivity index (χ2n) is 5.36. The van der Waals surface area contributed by atoms with Crippen molar-refractivity contribution in [2.45, 2.75) is 31.7 Å². The largest absolute Gasteiger partial charge is 0.497 e. The van der Waals surface area contributed by atoms with Crippen LogP contribution in [0.1, 0.15) is 26.5 Å². The van der Waals surface area contributed by atoms with Crippen LogP contribution in [-0.2, 0) is 10.1 Å². The molecule has 20 heavy (non-hydrogen) atoms. The van der Waals surface area contributed by atoms with Crippen LogP contribution in [0.5, 0.6) is 5.75 Å². The van der Waals surface area contributed by atoms with Crippen LogP contribution in [0, 0.1) is 0 Å². The highest BCUT2D eigenvalue weighted by Crippen LogP contribution is 2.25. The summed E-state index contributed by atoms with van der Waals surface area (Å²) in [7, 11) is 1.58. The van der Waals surface area contributed by atoms with E-state index in [0.29, 0.717) is 16.6 Å². The predicted molar refractivity (Wildman–Crippen MR) is 80.5 cm³/mol. The minimum Gasteiger partial charge on any atom is -0.497 e. The number of alkyl halides is 1. The molecule has 0 aliphatic heterocycles. The van der Waals surface area contributed by atoms with Gasteiger partial charge < -0.3 is 9.47 Å². The van der Waals surface area contributed by atoms with Crippen molar-refractivity contribution in [1.82, 2.24) is 9.78 Å². The maximum Gasteiger partial charge on any atom is 0.435 e. The molecule has 0 aliphatic carbocycles. The Kier molecular flexibility index (Phi) is 4.04. The van der Waals surface area contributed by atoms with E-state index >= 15 is 0 Å². The fraction of sp³-hybridized carbons (Fsp3) is 0.429. The number of ether oxygens (including phenoxy) is 2. The van der Waals surface area contributed by atoms with Gasteiger partial charge in [-0.2, -0.15) is 9.78 Å². The number of benzene rings is 1. The number of methoxy groups -OCH3 is 1. The number of nitrogens with zero attached hydrogens (tertiary/aromatic N) is 2. The molecular formula is C14H17BrN2O3. The van der Waals surface area contributed by atoms with Crippen molar-refractivity contribution in [1.29, 1.82) is 0 Å². The quantitative estimate of drug-likeness (QED) is 0.781. The zero-order chi connectivity index (χ0) is 14.9. The molecule has 6 heteroatoms. The lowest BCUT2D eigenvalue weighted by atomic mass is 10.2. The second kappa shape index (κ2) is 5.44. The number of halogens is 1. The van der Waals surface area contributed by atoms with Crippen LogP contribution in [0.4, 0.5) is 4.79 Å². The van der Waals surface area contributed by atoms with E-state index in [9.17, 15) is 4.79 Å². The van der Waals surface area contributed by atoms with E-state index in [1.807, 2.05) is 32.9 Å². The van der Waals surface area contributed by atoms with Gasteiger partial charge in [0, 0.05) is 16.8 Å². The van der Waals surface area contributed by atoms with Crippen molar-refractivity contribution in [3.05, 3.63) is 23.9 Å². The Morgan fingerprint density at radius 2 is 2.10 bits per heavy atom. The summed E-state index contributed by atoms with van der Waals surface area (Å²) in [6, 6.07) is 5.51. The van der Waals surface area contributed by atoms with Crippen LogP contribution in [-0.4, -0.2) is 28.6 Å². The van der Waals surface area contributed by atoms with Gasteiger partial charge in [0.1, 0.15) is 11.4 Å². The van der Waals surface area contributed by atoms with Gasteiger partial charge >= 0.3 is 6.09 Å². The summed E-state index contributed by atoms with van der Waals surface area (Å²) in [4.78, 5) is 12.2. The first-order valence-corrected chi connectivity index (χ1v) is 7.33. The molecular weight excluding hydrogens is 324 g/mol. The van der Waals surface area contributed by atoms with Crippen LogP contribution in [0.3, 0.4) is 0 Å². The van der Waals surface area contributed by atoms with E-state index in [4.69, 9.17) is 9.47 Å². The van der Waals surface area contributed by atoms with Crippen LogP contribution < -0.4 is 4.74 Å². The van der Waals surface area contributed by atoms with E-state index in [0.717, 1.165) is 11.1 Å². The molecule has 2 aromatic rings. The summed E-state index contributed by atoms with van der Waals surface area (Å²) in [6.45, 7) is 5.47. The van der Waals surface area contributed by atoms with Crippen LogP contribution >= 0.6 is 15.9 Å². The molecule has 0 aliphatic rings. The molecule has 0 spiro atoms. The Morgan fingerprint density at radius 1 is 1.40 bits per heavy atom. The number of hydrogen-bond acceptors (Lipinski definition) is 4. The highest BCUT2D eigenvalue weighted by atomic mass is 79.9. The third kappa shape index (κ3) is 2.95. The lowest BCUT2D eigenvalue weighted by Crippen LogP contribution is -2.27. The molecule has 0 fully saturated rings. The SMILES string of the molecule is COc1ccc2c(CBr)nn(C(=O)OC(C)(C)C)c2c1. The minimum absolute atomic E-state index is 0.497. The number of carbonyl (C=O) groups is 1. The standard InChI is InChI=1S/C14H17BrN2O3/c1-14(2,3)20-13(18)17-12-7-9(19-4)5-6-10(12)11(8-15)16-17/h5-7H,8H2,1-4H3. The molecule has 0 N–H and O–H groups in total. The molecule has 0 atom stereocenters. The van der Waals surface area contributed by atoms with Gasteiger partial charge in [0.15, 0.2) is 0 Å². The van der Waals surface area contributed by atoms with E-state index in [-0.39, 0.29) is 0 Å². The van der Waals surface area contributed by atoms with E-state index in [1.165, 1.54) is 4.68 Å². The van der Waals surface area contributed by atoms with Gasteiger partial charge in [-0.25, -0.2) is 4.79 Å². The molecule has 5 nitrogen and oxygen atoms in total. The normalized spacial score (nSPS) is 11.7. The Hall–Kier alpha value is -1.56. The average molecular weight is 341 g/mol. The van der Waals surface area contributed by atoms with Gasteiger partial charge in [-0.05, 0) is 32.9 Å². The zero-order valence-corrected chi connectivity index (χ0v) is 13.5. The monoisotopic (exact) mass is 340 g/mol. The highest BCUT2D eigenvalue weighted by Gasteiger charge is 2.22. The number of hydrogen-bond donors (Lipinski definition) is 0. The van der Waals surface area contributed by atoms with Crippen molar-refractivity contribution >= 4 is 32.9 Å². The molecule has 0 amide bonds. The number of rotatable bonds is 2. The molecule has 0 radical (unpaired) electrons. The maximum atomic E-state index is 12.2. The molecule has 108 valence electrons. The fourth-order valence-electron chi connectivity index (χ4n) is 1.83. The topological polar surface area (TPSA) is 53.4 Å². The van der Waals surface area contributed by atoms with Crippen molar-refractivity contribution in [3.63, 3.8) is 0 Å². The van der Waals surface area contributed by atoms with E-state index < -0.39 is 11.7 Å². The summed E-state index contributed by atoms with van der Waals surface area (Å²) in [6.07, 6.45) is -0.497. The summed E-state index contributed by atoms with van der Waals surface area (Å²) >= 11 is 3.38. The maximum absolute atomic E-state index is 12.2. The zero-order valence-electron chi connectivity index (χ0n) is 11.9. The molecule has 0 bridgehead atoms. The molecule has 2 rings (SSSR count). The highest BCUT2D eigenvalue weighted by molar-refractivity contribution is 9.08. The van der Waals surface area contributed by atoms with Crippen molar-refractivity contribution < 1.29 is 14.3 Å². The van der Waals surface area contributed by atoms with Crippen molar-refractivity contribution in [2.24, 2.45) is 0 Å². The molecule has 1 aromatic heterocycles. The minimum atomic E-state index is -0.567. The third-order valence-electron chi connectivity index (χ3n) is 2.66. The van der Waals surface area contributed by atoms with Crippen molar-refractivity contribution in [3.8, 4) is 5.75 Å². The Balaban J connectivity index is 2.54. The van der Waals surface area contributed by atoms with Crippen molar-refractivity contribution in [2.75, 3.05) is 7.11 Å². The Labute approximate surface area is 126 Å². The van der Waals surface area contributed by atoms with Crippen LogP contribution in [0.15, 0.2) is 18.2 Å². The lowest BCUT2D eigenvalue weighted by Gasteiger charge is -2.19. The first-order chi connectivity index (χ1) is 9.35. The Bertz CT molecular complexity index is 644.